The molecule has 4 aromatic rings. The van der Waals surface area contributed by atoms with Gasteiger partial charge < -0.3 is 48.5 Å². The topological polar surface area (TPSA) is 194 Å². The Morgan fingerprint density at radius 2 is 1.05 bits per heavy atom. The first-order chi connectivity index (χ1) is 29.5. The van der Waals surface area contributed by atoms with Crippen molar-refractivity contribution in [2.24, 2.45) is 0 Å². The second kappa shape index (κ2) is 27.9. The average molecular weight is 899 g/mol. The van der Waals surface area contributed by atoms with Crippen LogP contribution >= 0.6 is 0 Å². The van der Waals surface area contributed by atoms with Gasteiger partial charge in [-0.15, -0.1) is 13.2 Å². The van der Waals surface area contributed by atoms with E-state index in [4.69, 9.17) is 39.0 Å². The van der Waals surface area contributed by atoms with Gasteiger partial charge in [0.15, 0.2) is 28.8 Å². The van der Waals surface area contributed by atoms with E-state index in [-0.39, 0.29) is 55.5 Å². The molecular formula is C44H51F5O14. The van der Waals surface area contributed by atoms with Crippen molar-refractivity contribution in [2.75, 3.05) is 33.0 Å². The van der Waals surface area contributed by atoms with Gasteiger partial charge in [0.25, 0.3) is 0 Å². The maximum atomic E-state index is 12.1. The minimum Gasteiger partial charge on any atom is -0.494 e. The summed E-state index contributed by atoms with van der Waals surface area (Å²) < 4.78 is 94.3. The second-order valence-electron chi connectivity index (χ2n) is 13.0. The monoisotopic (exact) mass is 898 g/mol. The number of carbonyl (C=O) groups excluding carboxylic acids is 1. The summed E-state index contributed by atoms with van der Waals surface area (Å²) in [6.07, 6.45) is -4.81. The number of carboxylic acid groups (broad SMARTS) is 3. The lowest BCUT2D eigenvalue weighted by molar-refractivity contribution is -0.275. The number of rotatable bonds is 19. The van der Waals surface area contributed by atoms with Gasteiger partial charge in [0.2, 0.25) is 0 Å². The Hall–Kier alpha value is -6.79. The molecule has 0 bridgehead atoms. The lowest BCUT2D eigenvalue weighted by atomic mass is 10.1. The summed E-state index contributed by atoms with van der Waals surface area (Å²) in [5.41, 5.74) is 3.09. The first-order valence-electron chi connectivity index (χ1n) is 19.0. The molecule has 0 heterocycles. The summed E-state index contributed by atoms with van der Waals surface area (Å²) in [4.78, 5) is 41.9. The van der Waals surface area contributed by atoms with E-state index < -0.39 is 36.6 Å². The third-order valence-electron chi connectivity index (χ3n) is 7.23. The number of alkyl halides is 5. The Morgan fingerprint density at radius 1 is 0.571 bits per heavy atom. The molecule has 4 aromatic carbocycles. The van der Waals surface area contributed by atoms with Crippen LogP contribution < -0.4 is 33.2 Å². The molecule has 63 heavy (non-hydrogen) atoms. The number of benzene rings is 4. The molecule has 0 aromatic heterocycles. The fourth-order valence-corrected chi connectivity index (χ4v) is 4.67. The molecule has 346 valence electrons. The van der Waals surface area contributed by atoms with E-state index in [1.54, 1.807) is 32.0 Å². The van der Waals surface area contributed by atoms with Gasteiger partial charge in [-0.25, -0.2) is 4.79 Å². The highest BCUT2D eigenvalue weighted by Crippen LogP contribution is 2.33. The van der Waals surface area contributed by atoms with Gasteiger partial charge in [0.1, 0.15) is 29.4 Å². The van der Waals surface area contributed by atoms with Gasteiger partial charge in [-0.3, -0.25) is 14.4 Å². The number of aliphatic carboxylic acids is 2. The maximum Gasteiger partial charge on any atom is 0.573 e. The van der Waals surface area contributed by atoms with Gasteiger partial charge in [-0.1, -0.05) is 18.2 Å². The van der Waals surface area contributed by atoms with Crippen molar-refractivity contribution in [1.29, 1.82) is 0 Å². The summed E-state index contributed by atoms with van der Waals surface area (Å²) in [6, 6.07) is 19.2. The van der Waals surface area contributed by atoms with Crippen LogP contribution in [0.1, 0.15) is 66.2 Å². The van der Waals surface area contributed by atoms with Gasteiger partial charge in [0.05, 0.1) is 39.3 Å². The van der Waals surface area contributed by atoms with Crippen LogP contribution in [0.5, 0.6) is 40.2 Å². The van der Waals surface area contributed by atoms with Crippen LogP contribution in [-0.4, -0.2) is 85.0 Å². The number of halogens is 5. The van der Waals surface area contributed by atoms with Crippen LogP contribution in [-0.2, 0) is 14.4 Å². The number of aromatic carboxylic acids is 1. The molecule has 0 spiro atoms. The normalized spacial score (nSPS) is 10.3. The highest BCUT2D eigenvalue weighted by molar-refractivity contribution is 5.91. The van der Waals surface area contributed by atoms with E-state index >= 15 is 0 Å². The maximum absolute atomic E-state index is 12.1. The Labute approximate surface area is 361 Å². The summed E-state index contributed by atoms with van der Waals surface area (Å²) >= 11 is 0. The predicted octanol–water partition coefficient (Wildman–Crippen LogP) is 9.65. The highest BCUT2D eigenvalue weighted by Gasteiger charge is 2.32. The van der Waals surface area contributed by atoms with Crippen molar-refractivity contribution < 1.29 is 89.6 Å². The molecule has 0 unspecified atom stereocenters. The van der Waals surface area contributed by atoms with Crippen molar-refractivity contribution in [2.45, 2.75) is 74.3 Å². The zero-order chi connectivity index (χ0) is 47.7. The number of carboxylic acids is 3. The summed E-state index contributed by atoms with van der Waals surface area (Å²) in [5.74, 6) is -1.54. The first kappa shape index (κ1) is 54.2. The SMILES string of the molecule is CC(=O)COc1ccc(C)cc1OC(F)(F)F.CCOc1cc(C)cc(OCCC(=O)O)c1.CCOc1cc(C)ccc1OCCC(=O)O.Cc1ccc(C(=O)O)c(OC(F)F)c1. The first-order valence-corrected chi connectivity index (χ1v) is 19.0. The average Bonchev–Trinajstić information content (AvgIpc) is 3.15. The van der Waals surface area contributed by atoms with Crippen LogP contribution in [0.15, 0.2) is 72.8 Å². The van der Waals surface area contributed by atoms with Crippen molar-refractivity contribution in [3.8, 4) is 40.2 Å². The molecule has 0 aliphatic rings. The zero-order valence-corrected chi connectivity index (χ0v) is 35.7. The van der Waals surface area contributed by atoms with Crippen molar-refractivity contribution in [3.63, 3.8) is 0 Å². The molecule has 0 saturated heterocycles. The fourth-order valence-electron chi connectivity index (χ4n) is 4.67. The molecule has 0 atom stereocenters. The third kappa shape index (κ3) is 24.3. The highest BCUT2D eigenvalue weighted by atomic mass is 19.4. The molecule has 0 amide bonds. The summed E-state index contributed by atoms with van der Waals surface area (Å²) in [7, 11) is 0. The number of Topliss-reactive ketones (excluding diaryl/α,β-unsaturated/α-hetero) is 1. The third-order valence-corrected chi connectivity index (χ3v) is 7.23. The Kier molecular flexibility index (Phi) is 24.0. The Bertz CT molecular complexity index is 2070. The summed E-state index contributed by atoms with van der Waals surface area (Å²) in [5, 5.41) is 25.6. The molecule has 0 fully saturated rings. The van der Waals surface area contributed by atoms with Crippen LogP contribution in [0, 0.1) is 27.7 Å². The van der Waals surface area contributed by atoms with E-state index in [1.165, 1.54) is 37.3 Å². The molecule has 0 aliphatic carbocycles. The molecular weight excluding hydrogens is 847 g/mol. The number of hydrogen-bond acceptors (Lipinski definition) is 11. The van der Waals surface area contributed by atoms with Crippen LogP contribution in [0.25, 0.3) is 0 Å². The summed E-state index contributed by atoms with van der Waals surface area (Å²) in [6.45, 7) is 10.4. The molecule has 14 nitrogen and oxygen atoms in total. The Morgan fingerprint density at radius 3 is 1.52 bits per heavy atom. The van der Waals surface area contributed by atoms with E-state index in [0.29, 0.717) is 41.6 Å². The van der Waals surface area contributed by atoms with Gasteiger partial charge in [-0.05, 0) is 119 Å². The predicted molar refractivity (Wildman–Crippen MR) is 219 cm³/mol. The van der Waals surface area contributed by atoms with E-state index in [9.17, 15) is 41.1 Å². The molecule has 19 heteroatoms. The van der Waals surface area contributed by atoms with Crippen molar-refractivity contribution >= 4 is 23.7 Å². The fraction of sp³-hybridized carbons (Fsp3) is 0.364. The standard InChI is InChI=1S/2C12H16O4.C11H11F3O3.C9H8F2O3/c1-3-15-10-6-9(2)7-11(8-10)16-5-4-12(13)14;1-3-15-11-8-9(2)4-5-10(11)16-7-6-12(13)14;1-7-3-4-9(16-6-8(2)15)10(5-7)17-11(12,13)14;1-5-2-3-6(8(12)13)7(4-5)14-9(10)11/h6-8H,3-5H2,1-2H3,(H,13,14);4-5,8H,3,6-7H2,1-2H3,(H,13,14);3-5H,6H2,1-2H3;2-4,9H,1H3,(H,12,13). The number of aryl methyl sites for hydroxylation is 4. The van der Waals surface area contributed by atoms with Crippen LogP contribution in [0.4, 0.5) is 22.0 Å². The second-order valence-corrected chi connectivity index (χ2v) is 13.0. The molecule has 0 radical (unpaired) electrons. The van der Waals surface area contributed by atoms with Gasteiger partial charge >= 0.3 is 30.9 Å². The van der Waals surface area contributed by atoms with Crippen molar-refractivity contribution in [3.05, 3.63) is 101 Å². The molecule has 0 aliphatic heterocycles. The quantitative estimate of drug-likeness (QED) is 0.0753. The Balaban J connectivity index is 0.000000421. The van der Waals surface area contributed by atoms with Gasteiger partial charge in [-0.2, -0.15) is 8.78 Å². The van der Waals surface area contributed by atoms with E-state index in [2.05, 4.69) is 9.47 Å². The zero-order valence-electron chi connectivity index (χ0n) is 35.7. The minimum atomic E-state index is -4.79. The lowest BCUT2D eigenvalue weighted by Gasteiger charge is -2.14. The molecule has 4 rings (SSSR count). The van der Waals surface area contributed by atoms with Crippen LogP contribution in [0.2, 0.25) is 0 Å². The lowest BCUT2D eigenvalue weighted by Crippen LogP contribution is -2.18. The minimum absolute atomic E-state index is 0.00207. The smallest absolute Gasteiger partial charge is 0.494 e. The molecule has 0 saturated carbocycles. The molecule has 3 N–H and O–H groups in total. The number of ketones is 1. The largest absolute Gasteiger partial charge is 0.573 e. The number of ether oxygens (including phenoxy) is 7. The van der Waals surface area contributed by atoms with E-state index in [0.717, 1.165) is 16.9 Å². The van der Waals surface area contributed by atoms with Gasteiger partial charge in [0, 0.05) is 6.07 Å². The van der Waals surface area contributed by atoms with Crippen molar-refractivity contribution in [1.82, 2.24) is 0 Å². The number of carbonyl (C=O) groups is 4. The number of hydrogen-bond donors (Lipinski definition) is 3. The van der Waals surface area contributed by atoms with Crippen LogP contribution in [0.3, 0.4) is 0 Å². The van der Waals surface area contributed by atoms with E-state index in [1.807, 2.05) is 52.0 Å².